The third-order valence-electron chi connectivity index (χ3n) is 3.85. The van der Waals surface area contributed by atoms with Crippen molar-refractivity contribution in [1.82, 2.24) is 0 Å². The molecular formula is C14H13F5O4S. The van der Waals surface area contributed by atoms with Gasteiger partial charge in [0.2, 0.25) is 5.82 Å². The smallest absolute Gasteiger partial charge is 0.344 e. The lowest BCUT2D eigenvalue weighted by atomic mass is 9.99. The molecule has 134 valence electrons. The second-order valence-electron chi connectivity index (χ2n) is 5.46. The number of sulfone groups is 1. The van der Waals surface area contributed by atoms with Gasteiger partial charge in [-0.1, -0.05) is 0 Å². The lowest BCUT2D eigenvalue weighted by Crippen LogP contribution is -2.24. The van der Waals surface area contributed by atoms with Crippen LogP contribution in [-0.2, 0) is 14.6 Å². The van der Waals surface area contributed by atoms with Crippen molar-refractivity contribution in [3.05, 3.63) is 34.6 Å². The second-order valence-corrected chi connectivity index (χ2v) is 7.77. The van der Waals surface area contributed by atoms with E-state index < -0.39 is 50.5 Å². The summed E-state index contributed by atoms with van der Waals surface area (Å²) in [7, 11) is -3.05. The molecule has 1 saturated heterocycles. The number of hydrogen-bond acceptors (Lipinski definition) is 4. The van der Waals surface area contributed by atoms with Crippen molar-refractivity contribution in [2.45, 2.75) is 19.3 Å². The number of carbonyl (C=O) groups is 1. The minimum atomic E-state index is -3.05. The van der Waals surface area contributed by atoms with E-state index in [-0.39, 0.29) is 30.5 Å². The molecule has 2 rings (SSSR count). The first-order chi connectivity index (χ1) is 11.1. The number of esters is 1. The summed E-state index contributed by atoms with van der Waals surface area (Å²) in [5.74, 6) is -13.0. The number of rotatable bonds is 4. The number of ether oxygens (including phenoxy) is 1. The quantitative estimate of drug-likeness (QED) is 0.353. The van der Waals surface area contributed by atoms with Gasteiger partial charge in [-0.15, -0.1) is 0 Å². The van der Waals surface area contributed by atoms with Crippen LogP contribution >= 0.6 is 0 Å². The Labute approximate surface area is 134 Å². The Morgan fingerprint density at radius 2 is 1.38 bits per heavy atom. The molecule has 0 unspecified atom stereocenters. The molecule has 0 radical (unpaired) electrons. The highest BCUT2D eigenvalue weighted by atomic mass is 32.2. The Kier molecular flexibility index (Phi) is 5.46. The largest absolute Gasteiger partial charge is 0.462 e. The molecule has 0 amide bonds. The summed E-state index contributed by atoms with van der Waals surface area (Å²) in [6.07, 6.45) is 0.960. The van der Waals surface area contributed by atoms with Crippen LogP contribution in [0.4, 0.5) is 22.0 Å². The molecule has 0 aliphatic carbocycles. The third-order valence-corrected chi connectivity index (χ3v) is 5.56. The third kappa shape index (κ3) is 3.85. The molecular weight excluding hydrogens is 359 g/mol. The van der Waals surface area contributed by atoms with E-state index in [9.17, 15) is 35.2 Å². The molecule has 24 heavy (non-hydrogen) atoms. The summed E-state index contributed by atoms with van der Waals surface area (Å²) < 4.78 is 92.9. The topological polar surface area (TPSA) is 60.4 Å². The molecule has 0 atom stereocenters. The summed E-state index contributed by atoms with van der Waals surface area (Å²) in [6.45, 7) is -0.316. The number of carbonyl (C=O) groups excluding carboxylic acids is 1. The fourth-order valence-corrected chi connectivity index (χ4v) is 3.99. The van der Waals surface area contributed by atoms with E-state index in [1.165, 1.54) is 0 Å². The van der Waals surface area contributed by atoms with Crippen molar-refractivity contribution in [2.75, 3.05) is 18.1 Å². The van der Waals surface area contributed by atoms with Gasteiger partial charge >= 0.3 is 5.97 Å². The van der Waals surface area contributed by atoms with Crippen molar-refractivity contribution in [2.24, 2.45) is 5.92 Å². The van der Waals surface area contributed by atoms with Gasteiger partial charge in [0.15, 0.2) is 23.3 Å². The second kappa shape index (κ2) is 7.04. The molecule has 1 aliphatic heterocycles. The van der Waals surface area contributed by atoms with Crippen molar-refractivity contribution in [3.8, 4) is 0 Å². The van der Waals surface area contributed by atoms with Gasteiger partial charge < -0.3 is 4.74 Å². The van der Waals surface area contributed by atoms with E-state index in [1.54, 1.807) is 0 Å². The Morgan fingerprint density at radius 1 is 0.917 bits per heavy atom. The zero-order chi connectivity index (χ0) is 18.1. The van der Waals surface area contributed by atoms with Gasteiger partial charge in [-0.3, -0.25) is 0 Å². The predicted molar refractivity (Wildman–Crippen MR) is 72.5 cm³/mol. The van der Waals surface area contributed by atoms with Crippen molar-refractivity contribution in [3.63, 3.8) is 0 Å². The maximum atomic E-state index is 13.4. The lowest BCUT2D eigenvalue weighted by Gasteiger charge is -2.21. The van der Waals surface area contributed by atoms with Gasteiger partial charge in [0.1, 0.15) is 15.4 Å². The van der Waals surface area contributed by atoms with Gasteiger partial charge in [0.05, 0.1) is 18.1 Å². The molecule has 10 heteroatoms. The van der Waals surface area contributed by atoms with Gasteiger partial charge in [0, 0.05) is 0 Å². The summed E-state index contributed by atoms with van der Waals surface area (Å²) in [6, 6.07) is 0. The summed E-state index contributed by atoms with van der Waals surface area (Å²) in [4.78, 5) is 11.6. The maximum Gasteiger partial charge on any atom is 0.344 e. The fraction of sp³-hybridized carbons (Fsp3) is 0.500. The molecule has 1 aromatic carbocycles. The first kappa shape index (κ1) is 18.6. The molecule has 0 spiro atoms. The lowest BCUT2D eigenvalue weighted by molar-refractivity contribution is 0.0465. The van der Waals surface area contributed by atoms with Crippen LogP contribution in [0, 0.1) is 35.0 Å². The number of hydrogen-bond donors (Lipinski definition) is 0. The van der Waals surface area contributed by atoms with Gasteiger partial charge in [-0.2, -0.15) is 0 Å². The standard InChI is InChI=1S/C14H13F5O4S/c15-9-8(10(16)12(18)13(19)11(9)17)14(20)23-4-1-7-2-5-24(21,22)6-3-7/h7H,1-6H2. The predicted octanol–water partition coefficient (Wildman–Crippen LogP) is 2.75. The zero-order valence-electron chi connectivity index (χ0n) is 12.3. The first-order valence-corrected chi connectivity index (χ1v) is 8.85. The molecule has 0 N–H and O–H groups in total. The van der Waals surface area contributed by atoms with Crippen molar-refractivity contribution < 1.29 is 39.9 Å². The Morgan fingerprint density at radius 3 is 1.88 bits per heavy atom. The van der Waals surface area contributed by atoms with Crippen LogP contribution in [-0.4, -0.2) is 32.5 Å². The highest BCUT2D eigenvalue weighted by molar-refractivity contribution is 7.91. The minimum Gasteiger partial charge on any atom is -0.462 e. The van der Waals surface area contributed by atoms with Gasteiger partial charge in [-0.05, 0) is 25.2 Å². The molecule has 4 nitrogen and oxygen atoms in total. The molecule has 1 aliphatic rings. The average Bonchev–Trinajstić information content (AvgIpc) is 2.53. The Bertz CT molecular complexity index is 720. The number of benzene rings is 1. The molecule has 0 saturated carbocycles. The number of halogens is 5. The van der Waals surface area contributed by atoms with E-state index in [2.05, 4.69) is 4.74 Å². The van der Waals surface area contributed by atoms with E-state index in [0.29, 0.717) is 12.8 Å². The van der Waals surface area contributed by atoms with E-state index >= 15 is 0 Å². The van der Waals surface area contributed by atoms with Crippen LogP contribution in [0.15, 0.2) is 0 Å². The fourth-order valence-electron chi connectivity index (χ4n) is 2.40. The van der Waals surface area contributed by atoms with Crippen LogP contribution in [0.5, 0.6) is 0 Å². The molecule has 1 fully saturated rings. The summed E-state index contributed by atoms with van der Waals surface area (Å²) >= 11 is 0. The van der Waals surface area contributed by atoms with Crippen molar-refractivity contribution >= 4 is 15.8 Å². The summed E-state index contributed by atoms with van der Waals surface area (Å²) in [5, 5.41) is 0. The summed E-state index contributed by atoms with van der Waals surface area (Å²) in [5.41, 5.74) is -1.64. The molecule has 1 aromatic rings. The highest BCUT2D eigenvalue weighted by Crippen LogP contribution is 2.25. The van der Waals surface area contributed by atoms with E-state index in [1.807, 2.05) is 0 Å². The maximum absolute atomic E-state index is 13.4. The Hall–Kier alpha value is -1.71. The van der Waals surface area contributed by atoms with E-state index in [0.717, 1.165) is 0 Å². The van der Waals surface area contributed by atoms with Crippen LogP contribution in [0.2, 0.25) is 0 Å². The van der Waals surface area contributed by atoms with Crippen LogP contribution < -0.4 is 0 Å². The van der Waals surface area contributed by atoms with Gasteiger partial charge in [-0.25, -0.2) is 35.2 Å². The average molecular weight is 372 g/mol. The van der Waals surface area contributed by atoms with Crippen LogP contribution in [0.1, 0.15) is 29.6 Å². The SMILES string of the molecule is O=C(OCCC1CCS(=O)(=O)CC1)c1c(F)c(F)c(F)c(F)c1F. The minimum absolute atomic E-state index is 0.00323. The highest BCUT2D eigenvalue weighted by Gasteiger charge is 2.31. The molecule has 1 heterocycles. The van der Waals surface area contributed by atoms with Crippen LogP contribution in [0.3, 0.4) is 0 Å². The first-order valence-electron chi connectivity index (χ1n) is 7.03. The van der Waals surface area contributed by atoms with Gasteiger partial charge in [0.25, 0.3) is 0 Å². The zero-order valence-corrected chi connectivity index (χ0v) is 13.1. The normalized spacial score (nSPS) is 17.7. The molecule has 0 bridgehead atoms. The van der Waals surface area contributed by atoms with E-state index in [4.69, 9.17) is 0 Å². The van der Waals surface area contributed by atoms with Crippen molar-refractivity contribution in [1.29, 1.82) is 0 Å². The van der Waals surface area contributed by atoms with Crippen LogP contribution in [0.25, 0.3) is 0 Å². The molecule has 0 aromatic heterocycles. The Balaban J connectivity index is 1.99. The monoisotopic (exact) mass is 372 g/mol.